The molecule has 0 radical (unpaired) electrons. The minimum Gasteiger partial charge on any atom is -0.497 e. The van der Waals surface area contributed by atoms with Crippen LogP contribution >= 0.6 is 0 Å². The van der Waals surface area contributed by atoms with E-state index < -0.39 is 0 Å². The van der Waals surface area contributed by atoms with E-state index in [2.05, 4.69) is 0 Å². The molecule has 0 fully saturated rings. The molecule has 0 heterocycles. The van der Waals surface area contributed by atoms with Crippen molar-refractivity contribution in [3.8, 4) is 5.75 Å². The second kappa shape index (κ2) is 7.88. The molecule has 0 amide bonds. The Labute approximate surface area is 109 Å². The van der Waals surface area contributed by atoms with Crippen molar-refractivity contribution in [2.75, 3.05) is 13.7 Å². The predicted octanol–water partition coefficient (Wildman–Crippen LogP) is 3.10. The van der Waals surface area contributed by atoms with Gasteiger partial charge in [0.05, 0.1) is 7.11 Å². The van der Waals surface area contributed by atoms with Crippen LogP contribution in [0.2, 0.25) is 0 Å². The van der Waals surface area contributed by atoms with Crippen molar-refractivity contribution in [1.82, 2.24) is 0 Å². The summed E-state index contributed by atoms with van der Waals surface area (Å²) in [7, 11) is 1.63. The highest BCUT2D eigenvalue weighted by atomic mass is 16.5. The molecule has 0 unspecified atom stereocenters. The monoisotopic (exact) mass is 249 g/mol. The Morgan fingerprint density at radius 2 is 1.94 bits per heavy atom. The third-order valence-electron chi connectivity index (χ3n) is 3.09. The number of aryl methyl sites for hydroxylation is 1. The summed E-state index contributed by atoms with van der Waals surface area (Å²) in [5, 5.41) is 0. The first-order valence-corrected chi connectivity index (χ1v) is 6.57. The summed E-state index contributed by atoms with van der Waals surface area (Å²) in [5.41, 5.74) is 7.23. The van der Waals surface area contributed by atoms with Crippen molar-refractivity contribution in [1.29, 1.82) is 0 Å². The SMILES string of the molecule is COc1ccc(C(=O)CCCCCCN)c(C)c1. The number of hydrogen-bond donors (Lipinski definition) is 1. The molecular weight excluding hydrogens is 226 g/mol. The summed E-state index contributed by atoms with van der Waals surface area (Å²) < 4.78 is 5.13. The molecule has 0 saturated carbocycles. The van der Waals surface area contributed by atoms with Gasteiger partial charge in [-0.1, -0.05) is 12.8 Å². The van der Waals surface area contributed by atoms with Crippen LogP contribution in [-0.2, 0) is 0 Å². The first-order chi connectivity index (χ1) is 8.69. The largest absolute Gasteiger partial charge is 0.497 e. The fraction of sp³-hybridized carbons (Fsp3) is 0.533. The number of ketones is 1. The summed E-state index contributed by atoms with van der Waals surface area (Å²) in [4.78, 5) is 12.0. The lowest BCUT2D eigenvalue weighted by Crippen LogP contribution is -2.02. The van der Waals surface area contributed by atoms with Gasteiger partial charge in [0, 0.05) is 12.0 Å². The number of carbonyl (C=O) groups is 1. The molecule has 0 atom stereocenters. The average Bonchev–Trinajstić information content (AvgIpc) is 2.38. The number of nitrogens with two attached hydrogens (primary N) is 1. The van der Waals surface area contributed by atoms with E-state index in [9.17, 15) is 4.79 Å². The van der Waals surface area contributed by atoms with E-state index in [1.54, 1.807) is 7.11 Å². The molecule has 0 bridgehead atoms. The topological polar surface area (TPSA) is 52.3 Å². The van der Waals surface area contributed by atoms with Crippen LogP contribution < -0.4 is 10.5 Å². The minimum atomic E-state index is 0.225. The molecule has 0 aromatic heterocycles. The van der Waals surface area contributed by atoms with Crippen LogP contribution in [0.15, 0.2) is 18.2 Å². The fourth-order valence-corrected chi connectivity index (χ4v) is 1.99. The van der Waals surface area contributed by atoms with Crippen molar-refractivity contribution in [3.05, 3.63) is 29.3 Å². The molecular formula is C15H23NO2. The van der Waals surface area contributed by atoms with Gasteiger partial charge in [0.25, 0.3) is 0 Å². The maximum Gasteiger partial charge on any atom is 0.163 e. The lowest BCUT2D eigenvalue weighted by Gasteiger charge is -2.07. The van der Waals surface area contributed by atoms with Crippen LogP contribution in [0.1, 0.15) is 48.0 Å². The number of Topliss-reactive ketones (excluding diaryl/α,β-unsaturated/α-hetero) is 1. The first kappa shape index (κ1) is 14.7. The first-order valence-electron chi connectivity index (χ1n) is 6.57. The Bertz CT molecular complexity index is 388. The third-order valence-corrected chi connectivity index (χ3v) is 3.09. The Morgan fingerprint density at radius 1 is 1.22 bits per heavy atom. The van der Waals surface area contributed by atoms with Crippen molar-refractivity contribution in [3.63, 3.8) is 0 Å². The second-order valence-electron chi connectivity index (χ2n) is 4.56. The Balaban J connectivity index is 2.46. The maximum absolute atomic E-state index is 12.0. The molecule has 0 aliphatic heterocycles. The standard InChI is InChI=1S/C15H23NO2/c1-12-11-13(18-2)8-9-14(12)15(17)7-5-3-4-6-10-16/h8-9,11H,3-7,10,16H2,1-2H3. The molecule has 0 spiro atoms. The molecule has 1 aromatic carbocycles. The van der Waals surface area contributed by atoms with Gasteiger partial charge in [-0.15, -0.1) is 0 Å². The highest BCUT2D eigenvalue weighted by molar-refractivity contribution is 5.97. The normalized spacial score (nSPS) is 10.4. The molecule has 0 aliphatic carbocycles. The maximum atomic E-state index is 12.0. The van der Waals surface area contributed by atoms with Crippen LogP contribution in [0.25, 0.3) is 0 Å². The van der Waals surface area contributed by atoms with Gasteiger partial charge in [-0.3, -0.25) is 4.79 Å². The highest BCUT2D eigenvalue weighted by Gasteiger charge is 2.09. The Hall–Kier alpha value is -1.35. The van der Waals surface area contributed by atoms with Crippen LogP contribution in [0, 0.1) is 6.92 Å². The van der Waals surface area contributed by atoms with E-state index in [0.29, 0.717) is 6.42 Å². The summed E-state index contributed by atoms with van der Waals surface area (Å²) in [6.07, 6.45) is 4.82. The number of carbonyl (C=O) groups excluding carboxylic acids is 1. The smallest absolute Gasteiger partial charge is 0.163 e. The van der Waals surface area contributed by atoms with Gasteiger partial charge in [0.15, 0.2) is 5.78 Å². The molecule has 100 valence electrons. The lowest BCUT2D eigenvalue weighted by atomic mass is 10.00. The Morgan fingerprint density at radius 3 is 2.56 bits per heavy atom. The van der Waals surface area contributed by atoms with E-state index in [0.717, 1.165) is 49.1 Å². The van der Waals surface area contributed by atoms with Crippen LogP contribution in [0.5, 0.6) is 5.75 Å². The zero-order valence-electron chi connectivity index (χ0n) is 11.4. The Kier molecular flexibility index (Phi) is 6.44. The third kappa shape index (κ3) is 4.49. The number of ether oxygens (including phenoxy) is 1. The van der Waals surface area contributed by atoms with Crippen molar-refractivity contribution in [2.24, 2.45) is 5.73 Å². The summed E-state index contributed by atoms with van der Waals surface area (Å²) in [6.45, 7) is 2.69. The number of rotatable bonds is 8. The molecule has 0 aliphatic rings. The molecule has 18 heavy (non-hydrogen) atoms. The van der Waals surface area contributed by atoms with Crippen molar-refractivity contribution in [2.45, 2.75) is 39.0 Å². The number of methoxy groups -OCH3 is 1. The fourth-order valence-electron chi connectivity index (χ4n) is 1.99. The lowest BCUT2D eigenvalue weighted by molar-refractivity contribution is 0.0978. The van der Waals surface area contributed by atoms with Gasteiger partial charge in [-0.2, -0.15) is 0 Å². The molecule has 3 heteroatoms. The predicted molar refractivity (Wildman–Crippen MR) is 74.2 cm³/mol. The molecule has 2 N–H and O–H groups in total. The minimum absolute atomic E-state index is 0.225. The van der Waals surface area contributed by atoms with Gasteiger partial charge in [0.2, 0.25) is 0 Å². The average molecular weight is 249 g/mol. The van der Waals surface area contributed by atoms with E-state index >= 15 is 0 Å². The second-order valence-corrected chi connectivity index (χ2v) is 4.56. The zero-order valence-corrected chi connectivity index (χ0v) is 11.4. The van der Waals surface area contributed by atoms with Crippen molar-refractivity contribution < 1.29 is 9.53 Å². The van der Waals surface area contributed by atoms with Gasteiger partial charge in [-0.05, 0) is 50.1 Å². The van der Waals surface area contributed by atoms with Gasteiger partial charge < -0.3 is 10.5 Å². The molecule has 0 saturated heterocycles. The van der Waals surface area contributed by atoms with Crippen LogP contribution in [-0.4, -0.2) is 19.4 Å². The number of hydrogen-bond acceptors (Lipinski definition) is 3. The van der Waals surface area contributed by atoms with Crippen molar-refractivity contribution >= 4 is 5.78 Å². The quantitative estimate of drug-likeness (QED) is 0.569. The zero-order chi connectivity index (χ0) is 13.4. The highest BCUT2D eigenvalue weighted by Crippen LogP contribution is 2.19. The molecule has 1 rings (SSSR count). The summed E-state index contributed by atoms with van der Waals surface area (Å²) in [6, 6.07) is 5.60. The molecule has 3 nitrogen and oxygen atoms in total. The van der Waals surface area contributed by atoms with E-state index in [-0.39, 0.29) is 5.78 Å². The van der Waals surface area contributed by atoms with Crippen LogP contribution in [0.3, 0.4) is 0 Å². The number of benzene rings is 1. The van der Waals surface area contributed by atoms with E-state index in [1.807, 2.05) is 25.1 Å². The van der Waals surface area contributed by atoms with Gasteiger partial charge >= 0.3 is 0 Å². The number of unbranched alkanes of at least 4 members (excludes halogenated alkanes) is 3. The summed E-state index contributed by atoms with van der Waals surface area (Å²) in [5.74, 6) is 1.02. The summed E-state index contributed by atoms with van der Waals surface area (Å²) >= 11 is 0. The van der Waals surface area contributed by atoms with Gasteiger partial charge in [-0.25, -0.2) is 0 Å². The van der Waals surface area contributed by atoms with Gasteiger partial charge in [0.1, 0.15) is 5.75 Å². The van der Waals surface area contributed by atoms with Crippen LogP contribution in [0.4, 0.5) is 0 Å². The van der Waals surface area contributed by atoms with E-state index in [1.165, 1.54) is 0 Å². The van der Waals surface area contributed by atoms with E-state index in [4.69, 9.17) is 10.5 Å². The molecule has 1 aromatic rings.